The Balaban J connectivity index is 2.75. The summed E-state index contributed by atoms with van der Waals surface area (Å²) in [6, 6.07) is 0. The number of rotatable bonds is 2. The van der Waals surface area contributed by atoms with Gasteiger partial charge in [-0.1, -0.05) is 13.1 Å². The van der Waals surface area contributed by atoms with Crippen LogP contribution in [0.1, 0.15) is 0 Å². The number of hydrogen-bond acceptors (Lipinski definition) is 1. The summed E-state index contributed by atoms with van der Waals surface area (Å²) in [5.41, 5.74) is 0. The van der Waals surface area contributed by atoms with E-state index in [0.29, 0.717) is 0 Å². The van der Waals surface area contributed by atoms with Gasteiger partial charge in [0.15, 0.2) is 0 Å². The van der Waals surface area contributed by atoms with Crippen LogP contribution in [0.2, 0.25) is 13.1 Å². The molecule has 0 N–H and O–H groups in total. The fraction of sp³-hybridized carbons (Fsp3) is 1.00. The molecule has 0 rings (SSSR count). The lowest BCUT2D eigenvalue weighted by Crippen LogP contribution is -2.22. The second kappa shape index (κ2) is 3.58. The van der Waals surface area contributed by atoms with Crippen LogP contribution in [-0.4, -0.2) is 30.6 Å². The van der Waals surface area contributed by atoms with Gasteiger partial charge in [-0.2, -0.15) is 0 Å². The highest BCUT2D eigenvalue weighted by Gasteiger charge is 1.83. The third-order valence-electron chi connectivity index (χ3n) is 1.08. The second-order valence-electron chi connectivity index (χ2n) is 1.49. The Kier molecular flexibility index (Phi) is 3.81. The van der Waals surface area contributed by atoms with E-state index in [0.717, 1.165) is 0 Å². The van der Waals surface area contributed by atoms with Crippen molar-refractivity contribution in [1.82, 2.24) is 4.23 Å². The molecule has 38 valence electrons. The van der Waals surface area contributed by atoms with Crippen molar-refractivity contribution in [3.63, 3.8) is 0 Å². The van der Waals surface area contributed by atoms with Gasteiger partial charge in [-0.3, -0.25) is 0 Å². The van der Waals surface area contributed by atoms with Crippen LogP contribution < -0.4 is 0 Å². The molecule has 0 radical (unpaired) electrons. The molecular weight excluding hydrogens is 106 g/mol. The van der Waals surface area contributed by atoms with Crippen molar-refractivity contribution in [2.45, 2.75) is 13.1 Å². The first-order chi connectivity index (χ1) is 2.81. The molecule has 0 spiro atoms. The first-order valence-electron chi connectivity index (χ1n) is 2.49. The zero-order chi connectivity index (χ0) is 4.99. The van der Waals surface area contributed by atoms with Gasteiger partial charge >= 0.3 is 0 Å². The van der Waals surface area contributed by atoms with Gasteiger partial charge in [0.25, 0.3) is 0 Å². The van der Waals surface area contributed by atoms with Gasteiger partial charge in [0.05, 0.1) is 19.4 Å². The molecule has 0 unspecified atom stereocenters. The van der Waals surface area contributed by atoms with Gasteiger partial charge in [0.2, 0.25) is 0 Å². The van der Waals surface area contributed by atoms with Crippen LogP contribution in [0.4, 0.5) is 0 Å². The van der Waals surface area contributed by atoms with Crippen LogP contribution >= 0.6 is 0 Å². The summed E-state index contributed by atoms with van der Waals surface area (Å²) in [5.74, 6) is 0. The van der Waals surface area contributed by atoms with Crippen LogP contribution in [0.25, 0.3) is 0 Å². The van der Waals surface area contributed by atoms with E-state index in [4.69, 9.17) is 0 Å². The second-order valence-corrected chi connectivity index (χ2v) is 5.81. The average Bonchev–Trinajstić information content (AvgIpc) is 1.65. The molecule has 0 aromatic heterocycles. The summed E-state index contributed by atoms with van der Waals surface area (Å²) in [6.45, 7) is 4.66. The third kappa shape index (κ3) is 2.62. The molecule has 0 bridgehead atoms. The molecule has 0 aliphatic carbocycles. The van der Waals surface area contributed by atoms with Crippen molar-refractivity contribution in [2.75, 3.05) is 7.05 Å². The van der Waals surface area contributed by atoms with Crippen molar-refractivity contribution >= 4 is 19.4 Å². The highest BCUT2D eigenvalue weighted by atomic mass is 28.3. The summed E-state index contributed by atoms with van der Waals surface area (Å²) in [4.78, 5) is 0. The monoisotopic (exact) mass is 119 g/mol. The summed E-state index contributed by atoms with van der Waals surface area (Å²) in [5, 5.41) is 0. The molecule has 0 aliphatic rings. The Labute approximate surface area is 44.5 Å². The molecule has 0 aromatic carbocycles. The van der Waals surface area contributed by atoms with E-state index in [2.05, 4.69) is 24.4 Å². The Hall–Kier alpha value is 0.394. The van der Waals surface area contributed by atoms with Gasteiger partial charge in [0, 0.05) is 0 Å². The van der Waals surface area contributed by atoms with E-state index in [1.165, 1.54) is 0 Å². The Morgan fingerprint density at radius 1 is 1.17 bits per heavy atom. The fourth-order valence-corrected chi connectivity index (χ4v) is 2.01. The summed E-state index contributed by atoms with van der Waals surface area (Å²) < 4.78 is 2.53. The quantitative estimate of drug-likeness (QED) is 0.429. The summed E-state index contributed by atoms with van der Waals surface area (Å²) in [7, 11) is 2.70. The lowest BCUT2D eigenvalue weighted by atomic mass is 11.6. The Morgan fingerprint density at radius 3 is 1.50 bits per heavy atom. The van der Waals surface area contributed by atoms with Gasteiger partial charge in [-0.25, -0.2) is 0 Å². The summed E-state index contributed by atoms with van der Waals surface area (Å²) >= 11 is 0. The van der Waals surface area contributed by atoms with E-state index in [1.807, 2.05) is 0 Å². The number of hydrogen-bond donors (Lipinski definition) is 0. The van der Waals surface area contributed by atoms with E-state index in [9.17, 15) is 0 Å². The van der Waals surface area contributed by atoms with E-state index in [1.54, 1.807) is 0 Å². The van der Waals surface area contributed by atoms with E-state index < -0.39 is 0 Å². The Bertz CT molecular complexity index is 28.0. The van der Waals surface area contributed by atoms with Crippen molar-refractivity contribution in [2.24, 2.45) is 0 Å². The van der Waals surface area contributed by atoms with Crippen LogP contribution in [0.15, 0.2) is 0 Å². The molecule has 0 amide bonds. The van der Waals surface area contributed by atoms with Crippen molar-refractivity contribution < 1.29 is 0 Å². The van der Waals surface area contributed by atoms with Crippen molar-refractivity contribution in [3.05, 3.63) is 0 Å². The number of nitrogens with zero attached hydrogens (tertiary/aromatic N) is 1. The molecule has 0 aromatic rings. The van der Waals surface area contributed by atoms with Crippen LogP contribution in [0, 0.1) is 0 Å². The zero-order valence-electron chi connectivity index (χ0n) is 4.86. The average molecular weight is 119 g/mol. The Morgan fingerprint density at radius 2 is 1.50 bits per heavy atom. The molecule has 0 atom stereocenters. The molecule has 0 aliphatic heterocycles. The van der Waals surface area contributed by atoms with Gasteiger partial charge < -0.3 is 4.23 Å². The smallest absolute Gasteiger partial charge is 0.0837 e. The highest BCUT2D eigenvalue weighted by molar-refractivity contribution is 6.48. The van der Waals surface area contributed by atoms with Crippen LogP contribution in [-0.2, 0) is 0 Å². The molecule has 6 heavy (non-hydrogen) atoms. The zero-order valence-corrected chi connectivity index (χ0v) is 7.69. The van der Waals surface area contributed by atoms with E-state index in [-0.39, 0.29) is 19.4 Å². The van der Waals surface area contributed by atoms with Gasteiger partial charge in [0.1, 0.15) is 0 Å². The SMILES string of the molecule is C[SiH2]N(C)[SiH2]C. The molecular formula is C3H13NSi2. The maximum Gasteiger partial charge on any atom is 0.0837 e. The normalized spacial score (nSPS) is 14.0. The molecule has 0 fully saturated rings. The highest BCUT2D eigenvalue weighted by Crippen LogP contribution is 1.68. The topological polar surface area (TPSA) is 3.24 Å². The maximum absolute atomic E-state index is 2.53. The minimum atomic E-state index is 0.233. The molecule has 3 heteroatoms. The van der Waals surface area contributed by atoms with E-state index >= 15 is 0 Å². The standard InChI is InChI=1S/C3H13NSi2/c1-4(5-2)6-3/h5-6H2,1-3H3. The molecule has 0 saturated heterocycles. The summed E-state index contributed by atoms with van der Waals surface area (Å²) in [6.07, 6.45) is 0. The third-order valence-corrected chi connectivity index (χ3v) is 5.92. The lowest BCUT2D eigenvalue weighted by molar-refractivity contribution is 0.854. The minimum Gasteiger partial charge on any atom is -0.358 e. The van der Waals surface area contributed by atoms with Crippen LogP contribution in [0.5, 0.6) is 0 Å². The van der Waals surface area contributed by atoms with Gasteiger partial charge in [-0.05, 0) is 7.05 Å². The fourth-order valence-electron chi connectivity index (χ4n) is 0.224. The predicted molar refractivity (Wildman–Crippen MR) is 36.6 cm³/mol. The van der Waals surface area contributed by atoms with Crippen molar-refractivity contribution in [1.29, 1.82) is 0 Å². The van der Waals surface area contributed by atoms with Gasteiger partial charge in [-0.15, -0.1) is 0 Å². The first-order valence-corrected chi connectivity index (χ1v) is 6.59. The first kappa shape index (κ1) is 6.39. The molecule has 0 saturated carbocycles. The predicted octanol–water partition coefficient (Wildman–Crippen LogP) is -0.818. The lowest BCUT2D eigenvalue weighted by Gasteiger charge is -2.06. The minimum absolute atomic E-state index is 0.233. The molecule has 0 heterocycles. The van der Waals surface area contributed by atoms with Crippen molar-refractivity contribution in [3.8, 4) is 0 Å². The van der Waals surface area contributed by atoms with Crippen LogP contribution in [0.3, 0.4) is 0 Å². The largest absolute Gasteiger partial charge is 0.358 e. The molecule has 1 nitrogen and oxygen atoms in total. The maximum atomic E-state index is 2.53.